The van der Waals surface area contributed by atoms with Gasteiger partial charge in [-0.15, -0.1) is 0 Å². The lowest BCUT2D eigenvalue weighted by Gasteiger charge is -2.30. The van der Waals surface area contributed by atoms with Crippen molar-refractivity contribution in [2.75, 3.05) is 0 Å². The summed E-state index contributed by atoms with van der Waals surface area (Å²) >= 11 is 0. The maximum Gasteiger partial charge on any atom is 0.419 e. The first-order valence-electron chi connectivity index (χ1n) is 5.73. The summed E-state index contributed by atoms with van der Waals surface area (Å²) in [6.07, 6.45) is -5.60. The Morgan fingerprint density at radius 3 is 2.18 bits per heavy atom. The lowest BCUT2D eigenvalue weighted by atomic mass is 9.78. The molecule has 1 rings (SSSR count). The molecule has 1 saturated carbocycles. The highest BCUT2D eigenvalue weighted by molar-refractivity contribution is 5.66. The molecule has 6 heteroatoms. The number of carboxylic acids is 1. The smallest absolute Gasteiger partial charge is 0.419 e. The quantitative estimate of drug-likeness (QED) is 0.781. The van der Waals surface area contributed by atoms with Gasteiger partial charge in [0.1, 0.15) is 0 Å². The summed E-state index contributed by atoms with van der Waals surface area (Å²) in [6.45, 7) is 0. The van der Waals surface area contributed by atoms with Crippen LogP contribution in [0.5, 0.6) is 0 Å². The summed E-state index contributed by atoms with van der Waals surface area (Å²) in [6, 6.07) is 0. The third-order valence-corrected chi connectivity index (χ3v) is 3.38. The van der Waals surface area contributed by atoms with Crippen LogP contribution in [0.2, 0.25) is 0 Å². The molecule has 0 heterocycles. The zero-order valence-electron chi connectivity index (χ0n) is 9.34. The fourth-order valence-electron chi connectivity index (χ4n) is 2.36. The normalized spacial score (nSPS) is 27.8. The summed E-state index contributed by atoms with van der Waals surface area (Å²) in [5.41, 5.74) is 0. The van der Waals surface area contributed by atoms with Crippen molar-refractivity contribution in [3.05, 3.63) is 0 Å². The van der Waals surface area contributed by atoms with E-state index in [1.165, 1.54) is 0 Å². The SMILES string of the molecule is O=C(O)CCC1CCC(C(F)C(F)(F)F)CC1. The van der Waals surface area contributed by atoms with Crippen molar-refractivity contribution in [2.24, 2.45) is 11.8 Å². The lowest BCUT2D eigenvalue weighted by molar-refractivity contribution is -0.197. The molecule has 0 aromatic rings. The lowest BCUT2D eigenvalue weighted by Crippen LogP contribution is -2.34. The van der Waals surface area contributed by atoms with Crippen molar-refractivity contribution in [2.45, 2.75) is 50.9 Å². The Morgan fingerprint density at radius 1 is 1.24 bits per heavy atom. The summed E-state index contributed by atoms with van der Waals surface area (Å²) in [5, 5.41) is 8.48. The van der Waals surface area contributed by atoms with E-state index in [0.29, 0.717) is 19.3 Å². The van der Waals surface area contributed by atoms with E-state index in [9.17, 15) is 22.4 Å². The first-order valence-corrected chi connectivity index (χ1v) is 5.73. The van der Waals surface area contributed by atoms with E-state index >= 15 is 0 Å². The van der Waals surface area contributed by atoms with E-state index < -0.39 is 24.2 Å². The standard InChI is InChI=1S/C11H16F4O2/c12-10(11(13,14)15)8-4-1-7(2-5-8)3-6-9(16)17/h7-8,10H,1-6H2,(H,16,17). The average molecular weight is 256 g/mol. The van der Waals surface area contributed by atoms with Crippen molar-refractivity contribution >= 4 is 5.97 Å². The van der Waals surface area contributed by atoms with Crippen LogP contribution < -0.4 is 0 Å². The molecule has 0 spiro atoms. The number of carboxylic acid groups (broad SMARTS) is 1. The molecule has 0 aromatic carbocycles. The van der Waals surface area contributed by atoms with Crippen LogP contribution in [-0.4, -0.2) is 23.4 Å². The molecular formula is C11H16F4O2. The van der Waals surface area contributed by atoms with Gasteiger partial charge in [-0.25, -0.2) is 4.39 Å². The number of hydrogen-bond donors (Lipinski definition) is 1. The Labute approximate surface area is 97.0 Å². The molecule has 0 amide bonds. The van der Waals surface area contributed by atoms with Gasteiger partial charge in [-0.05, 0) is 31.1 Å². The molecule has 1 aliphatic rings. The van der Waals surface area contributed by atoms with Gasteiger partial charge < -0.3 is 5.11 Å². The van der Waals surface area contributed by atoms with Crippen molar-refractivity contribution in [3.63, 3.8) is 0 Å². The van der Waals surface area contributed by atoms with Gasteiger partial charge in [0.15, 0.2) is 6.17 Å². The number of rotatable bonds is 4. The molecule has 1 N–H and O–H groups in total. The molecule has 2 nitrogen and oxygen atoms in total. The monoisotopic (exact) mass is 256 g/mol. The van der Waals surface area contributed by atoms with Crippen molar-refractivity contribution in [1.82, 2.24) is 0 Å². The summed E-state index contributed by atoms with van der Waals surface area (Å²) in [7, 11) is 0. The molecule has 1 fully saturated rings. The molecule has 1 unspecified atom stereocenters. The van der Waals surface area contributed by atoms with E-state index in [-0.39, 0.29) is 25.2 Å². The number of alkyl halides is 4. The van der Waals surface area contributed by atoms with Crippen LogP contribution in [0.4, 0.5) is 17.6 Å². The predicted octanol–water partition coefficient (Wildman–Crippen LogP) is 3.56. The van der Waals surface area contributed by atoms with Crippen molar-refractivity contribution in [3.8, 4) is 0 Å². The van der Waals surface area contributed by atoms with Crippen LogP contribution in [0.3, 0.4) is 0 Å². The van der Waals surface area contributed by atoms with Crippen molar-refractivity contribution < 1.29 is 27.5 Å². The minimum absolute atomic E-state index is 0.0354. The Bertz CT molecular complexity index is 257. The van der Waals surface area contributed by atoms with Gasteiger partial charge in [0, 0.05) is 6.42 Å². The average Bonchev–Trinajstić information content (AvgIpc) is 2.25. The maximum atomic E-state index is 13.0. The number of halogens is 4. The molecule has 0 aromatic heterocycles. The molecule has 0 bridgehead atoms. The predicted molar refractivity (Wildman–Crippen MR) is 53.3 cm³/mol. The zero-order valence-corrected chi connectivity index (χ0v) is 9.34. The van der Waals surface area contributed by atoms with E-state index in [4.69, 9.17) is 5.11 Å². The first-order chi connectivity index (χ1) is 7.80. The summed E-state index contributed by atoms with van der Waals surface area (Å²) in [4.78, 5) is 10.3. The molecule has 0 aliphatic heterocycles. The van der Waals surface area contributed by atoms with Crippen LogP contribution in [0, 0.1) is 11.8 Å². The summed E-state index contributed by atoms with van der Waals surface area (Å²) in [5.74, 6) is -1.72. The Kier molecular flexibility index (Phi) is 4.77. The fraction of sp³-hybridized carbons (Fsp3) is 0.909. The molecule has 100 valence electrons. The Balaban J connectivity index is 2.33. The number of aliphatic carboxylic acids is 1. The Morgan fingerprint density at radius 2 is 1.76 bits per heavy atom. The minimum atomic E-state index is -4.77. The van der Waals surface area contributed by atoms with Crippen LogP contribution >= 0.6 is 0 Å². The zero-order chi connectivity index (χ0) is 13.1. The molecule has 1 atom stereocenters. The number of hydrogen-bond acceptors (Lipinski definition) is 1. The third kappa shape index (κ3) is 4.52. The maximum absolute atomic E-state index is 13.0. The Hall–Kier alpha value is -0.810. The molecule has 17 heavy (non-hydrogen) atoms. The summed E-state index contributed by atoms with van der Waals surface area (Å²) < 4.78 is 49.4. The molecule has 0 radical (unpaired) electrons. The fourth-order valence-corrected chi connectivity index (χ4v) is 2.36. The van der Waals surface area contributed by atoms with Gasteiger partial charge in [0.25, 0.3) is 0 Å². The topological polar surface area (TPSA) is 37.3 Å². The van der Waals surface area contributed by atoms with Crippen LogP contribution in [0.1, 0.15) is 38.5 Å². The highest BCUT2D eigenvalue weighted by Crippen LogP contribution is 2.39. The van der Waals surface area contributed by atoms with E-state index in [2.05, 4.69) is 0 Å². The second kappa shape index (κ2) is 5.69. The van der Waals surface area contributed by atoms with Crippen molar-refractivity contribution in [1.29, 1.82) is 0 Å². The van der Waals surface area contributed by atoms with Crippen LogP contribution in [0.25, 0.3) is 0 Å². The van der Waals surface area contributed by atoms with Gasteiger partial charge in [0.2, 0.25) is 0 Å². The van der Waals surface area contributed by atoms with Crippen LogP contribution in [-0.2, 0) is 4.79 Å². The van der Waals surface area contributed by atoms with Gasteiger partial charge >= 0.3 is 12.1 Å². The van der Waals surface area contributed by atoms with E-state index in [0.717, 1.165) is 0 Å². The van der Waals surface area contributed by atoms with E-state index in [1.807, 2.05) is 0 Å². The largest absolute Gasteiger partial charge is 0.481 e. The van der Waals surface area contributed by atoms with Gasteiger partial charge in [-0.2, -0.15) is 13.2 Å². The van der Waals surface area contributed by atoms with Gasteiger partial charge in [-0.3, -0.25) is 4.79 Å². The van der Waals surface area contributed by atoms with Gasteiger partial charge in [0.05, 0.1) is 0 Å². The van der Waals surface area contributed by atoms with E-state index in [1.54, 1.807) is 0 Å². The highest BCUT2D eigenvalue weighted by Gasteiger charge is 2.45. The molecular weight excluding hydrogens is 240 g/mol. The molecule has 1 aliphatic carbocycles. The highest BCUT2D eigenvalue weighted by atomic mass is 19.4. The third-order valence-electron chi connectivity index (χ3n) is 3.38. The minimum Gasteiger partial charge on any atom is -0.481 e. The molecule has 0 saturated heterocycles. The second-order valence-corrected chi connectivity index (χ2v) is 4.66. The second-order valence-electron chi connectivity index (χ2n) is 4.66. The first kappa shape index (κ1) is 14.3. The van der Waals surface area contributed by atoms with Gasteiger partial charge in [-0.1, -0.05) is 12.8 Å². The van der Waals surface area contributed by atoms with Crippen LogP contribution in [0.15, 0.2) is 0 Å². The number of carbonyl (C=O) groups is 1.